The van der Waals surface area contributed by atoms with Gasteiger partial charge in [-0.15, -0.1) is 0 Å². The second-order valence-electron chi connectivity index (χ2n) is 5.85. The molecule has 9 heteroatoms. The lowest BCUT2D eigenvalue weighted by Gasteiger charge is -2.12. The summed E-state index contributed by atoms with van der Waals surface area (Å²) in [6.45, 7) is 0. The van der Waals surface area contributed by atoms with Gasteiger partial charge in [-0.2, -0.15) is 13.2 Å². The third-order valence-corrected chi connectivity index (χ3v) is 4.07. The van der Waals surface area contributed by atoms with Crippen molar-refractivity contribution in [2.24, 2.45) is 0 Å². The number of benzene rings is 2. The number of ether oxygens (including phenoxy) is 1. The molecule has 0 bridgehead atoms. The molecule has 3 aromatic rings. The summed E-state index contributed by atoms with van der Waals surface area (Å²) in [5.74, 6) is -1.01. The van der Waals surface area contributed by atoms with E-state index in [9.17, 15) is 22.4 Å². The standard InChI is InChI=1S/C17H10F4N2O3/c18-12-5-8(3-10(6-12)15-22-16(24)26-23-15)14-7-9-4-11(17(19,20)21)1-2-13(9)25-14/h1-6,14H,7H2,(H,22,23,24)/t14-/m0/s1. The quantitative estimate of drug-likeness (QED) is 0.700. The number of fused-ring (bicyclic) bond motifs is 1. The van der Waals surface area contributed by atoms with Crippen LogP contribution in [0.5, 0.6) is 5.75 Å². The van der Waals surface area contributed by atoms with E-state index in [1.165, 1.54) is 18.2 Å². The van der Waals surface area contributed by atoms with Gasteiger partial charge in [-0.25, -0.2) is 9.18 Å². The first-order valence-corrected chi connectivity index (χ1v) is 7.53. The largest absolute Gasteiger partial charge is 0.485 e. The molecule has 5 nitrogen and oxygen atoms in total. The maximum Gasteiger partial charge on any atom is 0.439 e. The van der Waals surface area contributed by atoms with Crippen molar-refractivity contribution in [1.29, 1.82) is 0 Å². The van der Waals surface area contributed by atoms with E-state index in [0.29, 0.717) is 16.9 Å². The van der Waals surface area contributed by atoms with Crippen molar-refractivity contribution in [3.8, 4) is 17.1 Å². The Morgan fingerprint density at radius 2 is 1.96 bits per heavy atom. The highest BCUT2D eigenvalue weighted by Crippen LogP contribution is 2.40. The maximum absolute atomic E-state index is 14.0. The predicted octanol–water partition coefficient (Wildman–Crippen LogP) is 3.86. The van der Waals surface area contributed by atoms with Crippen molar-refractivity contribution in [3.63, 3.8) is 0 Å². The fourth-order valence-electron chi connectivity index (χ4n) is 2.90. The summed E-state index contributed by atoms with van der Waals surface area (Å²) in [5.41, 5.74) is 0.307. The number of halogens is 4. The molecule has 1 aliphatic heterocycles. The number of aromatic amines is 1. The van der Waals surface area contributed by atoms with Crippen molar-refractivity contribution >= 4 is 0 Å². The van der Waals surface area contributed by atoms with Gasteiger partial charge in [0.2, 0.25) is 0 Å². The fraction of sp³-hybridized carbons (Fsp3) is 0.176. The Morgan fingerprint density at radius 1 is 1.15 bits per heavy atom. The molecular weight excluding hydrogens is 356 g/mol. The molecule has 1 aromatic heterocycles. The average molecular weight is 366 g/mol. The van der Waals surface area contributed by atoms with Crippen LogP contribution < -0.4 is 10.5 Å². The SMILES string of the molecule is O=c1[nH]c(-c2cc(F)cc([C@@H]3Cc4cc(C(F)(F)F)ccc4O3)c2)no1. The molecule has 1 aliphatic rings. The summed E-state index contributed by atoms with van der Waals surface area (Å²) in [7, 11) is 0. The third-order valence-electron chi connectivity index (χ3n) is 4.07. The minimum Gasteiger partial charge on any atom is -0.485 e. The molecule has 4 rings (SSSR count). The minimum absolute atomic E-state index is 0.0469. The molecule has 1 atom stereocenters. The van der Waals surface area contributed by atoms with Crippen LogP contribution >= 0.6 is 0 Å². The van der Waals surface area contributed by atoms with Crippen LogP contribution in [-0.4, -0.2) is 10.1 Å². The first kappa shape index (κ1) is 16.4. The van der Waals surface area contributed by atoms with E-state index in [1.54, 1.807) is 0 Å². The number of nitrogens with zero attached hydrogens (tertiary/aromatic N) is 1. The summed E-state index contributed by atoms with van der Waals surface area (Å²) in [6.07, 6.45) is -4.93. The highest BCUT2D eigenvalue weighted by atomic mass is 19.4. The van der Waals surface area contributed by atoms with Gasteiger partial charge >= 0.3 is 11.9 Å². The molecule has 0 spiro atoms. The van der Waals surface area contributed by atoms with Gasteiger partial charge in [0.25, 0.3) is 0 Å². The van der Waals surface area contributed by atoms with Crippen molar-refractivity contribution in [2.75, 3.05) is 0 Å². The van der Waals surface area contributed by atoms with E-state index in [4.69, 9.17) is 4.74 Å². The molecule has 0 amide bonds. The van der Waals surface area contributed by atoms with Crippen molar-refractivity contribution in [1.82, 2.24) is 10.1 Å². The zero-order valence-corrected chi connectivity index (χ0v) is 12.9. The molecule has 0 radical (unpaired) electrons. The Bertz CT molecular complexity index is 1040. The third kappa shape index (κ3) is 2.96. The number of H-pyrrole nitrogens is 1. The molecule has 0 aliphatic carbocycles. The molecule has 0 saturated heterocycles. The lowest BCUT2D eigenvalue weighted by molar-refractivity contribution is -0.137. The summed E-state index contributed by atoms with van der Waals surface area (Å²) in [5, 5.41) is 3.50. The maximum atomic E-state index is 14.0. The normalized spacial score (nSPS) is 16.4. The zero-order chi connectivity index (χ0) is 18.5. The first-order chi connectivity index (χ1) is 12.3. The second kappa shape index (κ2) is 5.72. The van der Waals surface area contributed by atoms with Crippen molar-refractivity contribution < 1.29 is 26.8 Å². The van der Waals surface area contributed by atoms with Gasteiger partial charge in [-0.3, -0.25) is 9.51 Å². The average Bonchev–Trinajstić information content (AvgIpc) is 3.18. The van der Waals surface area contributed by atoms with E-state index >= 15 is 0 Å². The smallest absolute Gasteiger partial charge is 0.439 e. The Balaban J connectivity index is 1.67. The molecule has 26 heavy (non-hydrogen) atoms. The lowest BCUT2D eigenvalue weighted by Crippen LogP contribution is -2.05. The summed E-state index contributed by atoms with van der Waals surface area (Å²) >= 11 is 0. The van der Waals surface area contributed by atoms with E-state index in [-0.39, 0.29) is 17.8 Å². The molecule has 2 heterocycles. The molecule has 0 saturated carbocycles. The Labute approximate surface area is 143 Å². The van der Waals surface area contributed by atoms with E-state index < -0.39 is 29.4 Å². The van der Waals surface area contributed by atoms with E-state index in [2.05, 4.69) is 14.7 Å². The Hall–Kier alpha value is -3.10. The summed E-state index contributed by atoms with van der Waals surface area (Å²) < 4.78 is 62.5. The highest BCUT2D eigenvalue weighted by molar-refractivity contribution is 5.56. The number of rotatable bonds is 2. The van der Waals surface area contributed by atoms with Crippen LogP contribution in [0.1, 0.15) is 22.8 Å². The number of aromatic nitrogens is 2. The number of hydrogen-bond donors (Lipinski definition) is 1. The van der Waals surface area contributed by atoms with Crippen LogP contribution in [-0.2, 0) is 12.6 Å². The van der Waals surface area contributed by atoms with Gasteiger partial charge in [-0.05, 0) is 47.5 Å². The molecule has 134 valence electrons. The Kier molecular flexibility index (Phi) is 3.60. The molecule has 1 N–H and O–H groups in total. The predicted molar refractivity (Wildman–Crippen MR) is 81.0 cm³/mol. The topological polar surface area (TPSA) is 68.1 Å². The van der Waals surface area contributed by atoms with Crippen LogP contribution in [0, 0.1) is 5.82 Å². The van der Waals surface area contributed by atoms with Crippen LogP contribution in [0.2, 0.25) is 0 Å². The summed E-state index contributed by atoms with van der Waals surface area (Å²) in [6, 6.07) is 7.15. The van der Waals surface area contributed by atoms with Gasteiger partial charge in [0.15, 0.2) is 5.82 Å². The van der Waals surface area contributed by atoms with Gasteiger partial charge in [0.1, 0.15) is 17.7 Å². The van der Waals surface area contributed by atoms with Crippen LogP contribution in [0.4, 0.5) is 17.6 Å². The molecule has 0 fully saturated rings. The number of nitrogens with one attached hydrogen (secondary N) is 1. The fourth-order valence-corrected chi connectivity index (χ4v) is 2.90. The van der Waals surface area contributed by atoms with Crippen molar-refractivity contribution in [2.45, 2.75) is 18.7 Å². The molecular formula is C17H10F4N2O3. The first-order valence-electron chi connectivity index (χ1n) is 7.53. The van der Waals surface area contributed by atoms with Gasteiger partial charge in [0.05, 0.1) is 5.56 Å². The Morgan fingerprint density at radius 3 is 2.65 bits per heavy atom. The van der Waals surface area contributed by atoms with Gasteiger partial charge in [0, 0.05) is 12.0 Å². The van der Waals surface area contributed by atoms with E-state index in [0.717, 1.165) is 18.2 Å². The molecule has 0 unspecified atom stereocenters. The van der Waals surface area contributed by atoms with Crippen LogP contribution in [0.15, 0.2) is 45.7 Å². The minimum atomic E-state index is -4.45. The number of alkyl halides is 3. The van der Waals surface area contributed by atoms with Gasteiger partial charge < -0.3 is 4.74 Å². The second-order valence-corrected chi connectivity index (χ2v) is 5.85. The monoisotopic (exact) mass is 366 g/mol. The highest BCUT2D eigenvalue weighted by Gasteiger charge is 2.33. The zero-order valence-electron chi connectivity index (χ0n) is 12.9. The van der Waals surface area contributed by atoms with Crippen molar-refractivity contribution in [3.05, 3.63) is 69.5 Å². The molecule has 2 aromatic carbocycles. The lowest BCUT2D eigenvalue weighted by atomic mass is 10.00. The van der Waals surface area contributed by atoms with Crippen LogP contribution in [0.3, 0.4) is 0 Å². The summed E-state index contributed by atoms with van der Waals surface area (Å²) in [4.78, 5) is 13.4. The number of hydrogen-bond acceptors (Lipinski definition) is 4. The van der Waals surface area contributed by atoms with Gasteiger partial charge in [-0.1, -0.05) is 5.16 Å². The van der Waals surface area contributed by atoms with E-state index in [1.807, 2.05) is 0 Å². The van der Waals surface area contributed by atoms with Crippen LogP contribution in [0.25, 0.3) is 11.4 Å².